The van der Waals surface area contributed by atoms with E-state index in [0.717, 1.165) is 41.2 Å². The van der Waals surface area contributed by atoms with Crippen molar-refractivity contribution in [3.63, 3.8) is 0 Å². The number of nitrogens with zero attached hydrogens (tertiary/aromatic N) is 2. The molecule has 3 rings (SSSR count). The molecule has 24 heavy (non-hydrogen) atoms. The van der Waals surface area contributed by atoms with Gasteiger partial charge >= 0.3 is 0 Å². The van der Waals surface area contributed by atoms with Crippen LogP contribution in [0.4, 0.5) is 0 Å². The molecule has 1 aliphatic heterocycles. The van der Waals surface area contributed by atoms with Crippen molar-refractivity contribution in [3.8, 4) is 0 Å². The van der Waals surface area contributed by atoms with Gasteiger partial charge in [0, 0.05) is 30.4 Å². The number of benzene rings is 2. The predicted octanol–water partition coefficient (Wildman–Crippen LogP) is 4.68. The quantitative estimate of drug-likeness (QED) is 0.731. The number of hydrogen-bond donors (Lipinski definition) is 0. The second kappa shape index (κ2) is 7.73. The molecular formula is C21H21N2O. The van der Waals surface area contributed by atoms with Crippen LogP contribution >= 0.6 is 0 Å². The largest absolute Gasteiger partial charge is 0.300 e. The molecule has 1 heterocycles. The highest BCUT2D eigenvalue weighted by molar-refractivity contribution is 6.07. The fraction of sp³-hybridized carbons (Fsp3) is 0.238. The van der Waals surface area contributed by atoms with Gasteiger partial charge in [-0.15, -0.1) is 0 Å². The average Bonchev–Trinajstić information content (AvgIpc) is 3.07. The summed E-state index contributed by atoms with van der Waals surface area (Å²) in [4.78, 5) is 16.2. The summed E-state index contributed by atoms with van der Waals surface area (Å²) in [6.45, 7) is 1.91. The van der Waals surface area contributed by atoms with Crippen molar-refractivity contribution in [3.05, 3.63) is 71.8 Å². The van der Waals surface area contributed by atoms with E-state index in [1.807, 2.05) is 43.3 Å². The molecule has 0 saturated carbocycles. The molecule has 2 aromatic rings. The van der Waals surface area contributed by atoms with Gasteiger partial charge < -0.3 is 0 Å². The Hall–Kier alpha value is -2.68. The molecule has 3 heteroatoms. The number of amidine groups is 1. The van der Waals surface area contributed by atoms with Gasteiger partial charge in [0.1, 0.15) is 11.6 Å². The molecule has 0 N–H and O–H groups in total. The van der Waals surface area contributed by atoms with Crippen LogP contribution in [0.1, 0.15) is 43.7 Å². The Labute approximate surface area is 143 Å². The molecule has 0 atom stereocenters. The molecule has 1 radical (unpaired) electrons. The van der Waals surface area contributed by atoms with Crippen molar-refractivity contribution < 1.29 is 4.79 Å². The lowest BCUT2D eigenvalue weighted by Gasteiger charge is -2.06. The first-order valence-electron chi connectivity index (χ1n) is 8.44. The van der Waals surface area contributed by atoms with Crippen molar-refractivity contribution in [1.29, 1.82) is 0 Å². The Kier molecular flexibility index (Phi) is 5.22. The second-order valence-electron chi connectivity index (χ2n) is 5.81. The van der Waals surface area contributed by atoms with Crippen molar-refractivity contribution in [2.75, 3.05) is 0 Å². The average molecular weight is 317 g/mol. The number of hydrogen-bond acceptors (Lipinski definition) is 2. The zero-order chi connectivity index (χ0) is 16.8. The normalized spacial score (nSPS) is 13.6. The summed E-state index contributed by atoms with van der Waals surface area (Å²) in [5.41, 5.74) is 3.97. The van der Waals surface area contributed by atoms with Gasteiger partial charge in [-0.25, -0.2) is 10.3 Å². The maximum atomic E-state index is 11.5. The highest BCUT2D eigenvalue weighted by Gasteiger charge is 2.21. The number of aliphatic imine (C=N–C) groups is 1. The number of ketones is 1. The summed E-state index contributed by atoms with van der Waals surface area (Å²) in [7, 11) is 0. The Morgan fingerprint density at radius 1 is 0.875 bits per heavy atom. The highest BCUT2D eigenvalue weighted by Crippen LogP contribution is 2.31. The van der Waals surface area contributed by atoms with Gasteiger partial charge in [0.15, 0.2) is 0 Å². The maximum Gasteiger partial charge on any atom is 0.132 e. The van der Waals surface area contributed by atoms with Gasteiger partial charge in [0.2, 0.25) is 0 Å². The minimum Gasteiger partial charge on any atom is -0.300 e. The minimum atomic E-state index is 0.299. The topological polar surface area (TPSA) is 43.5 Å². The summed E-state index contributed by atoms with van der Waals surface area (Å²) in [6, 6.07) is 20.3. The molecule has 121 valence electrons. The second-order valence-corrected chi connectivity index (χ2v) is 5.81. The number of carbonyl (C=O) groups is 1. The van der Waals surface area contributed by atoms with Crippen molar-refractivity contribution in [2.45, 2.75) is 32.6 Å². The molecule has 0 aliphatic carbocycles. The van der Waals surface area contributed by atoms with E-state index in [4.69, 9.17) is 10.3 Å². The summed E-state index contributed by atoms with van der Waals surface area (Å²) in [6.07, 6.45) is 2.75. The molecule has 0 unspecified atom stereocenters. The zero-order valence-electron chi connectivity index (χ0n) is 13.9. The third-order valence-electron chi connectivity index (χ3n) is 4.05. The molecular weight excluding hydrogens is 296 g/mol. The monoisotopic (exact) mass is 317 g/mol. The third-order valence-corrected chi connectivity index (χ3v) is 4.05. The Bertz CT molecular complexity index is 761. The predicted molar refractivity (Wildman–Crippen MR) is 98.4 cm³/mol. The Morgan fingerprint density at radius 2 is 1.46 bits per heavy atom. The van der Waals surface area contributed by atoms with Gasteiger partial charge in [-0.1, -0.05) is 67.6 Å². The van der Waals surface area contributed by atoms with E-state index < -0.39 is 0 Å². The van der Waals surface area contributed by atoms with E-state index in [9.17, 15) is 4.79 Å². The van der Waals surface area contributed by atoms with Crippen LogP contribution in [0.2, 0.25) is 0 Å². The Balaban J connectivity index is 1.82. The van der Waals surface area contributed by atoms with E-state index in [1.165, 1.54) is 0 Å². The maximum absolute atomic E-state index is 11.5. The summed E-state index contributed by atoms with van der Waals surface area (Å²) < 4.78 is 0. The lowest BCUT2D eigenvalue weighted by atomic mass is 10.1. The molecule has 0 spiro atoms. The molecule has 1 aliphatic rings. The molecule has 2 aromatic carbocycles. The molecule has 0 fully saturated rings. The van der Waals surface area contributed by atoms with Crippen LogP contribution in [0, 0.1) is 0 Å². The van der Waals surface area contributed by atoms with E-state index in [-0.39, 0.29) is 0 Å². The van der Waals surface area contributed by atoms with Crippen molar-refractivity contribution in [1.82, 2.24) is 5.32 Å². The number of carbonyl (C=O) groups excluding carboxylic acids is 1. The summed E-state index contributed by atoms with van der Waals surface area (Å²) in [5.74, 6) is 1.12. The third kappa shape index (κ3) is 3.80. The van der Waals surface area contributed by atoms with Gasteiger partial charge in [0.05, 0.1) is 11.4 Å². The van der Waals surface area contributed by atoms with E-state index in [2.05, 4.69) is 24.3 Å². The van der Waals surface area contributed by atoms with Gasteiger partial charge in [0.25, 0.3) is 0 Å². The number of Topliss-reactive ketones (excluding diaryl/α,β-unsaturated/α-hetero) is 1. The van der Waals surface area contributed by atoms with Crippen LogP contribution < -0.4 is 5.32 Å². The minimum absolute atomic E-state index is 0.299. The first-order valence-corrected chi connectivity index (χ1v) is 8.44. The SMILES string of the molecule is CCC(=O)CCCC1=NC(c2ccccc2)=C(c2ccccc2)[N]1. The first kappa shape index (κ1) is 16.2. The summed E-state index contributed by atoms with van der Waals surface area (Å²) in [5, 5.41) is 4.76. The van der Waals surface area contributed by atoms with E-state index in [1.54, 1.807) is 0 Å². The highest BCUT2D eigenvalue weighted by atomic mass is 16.1. The van der Waals surface area contributed by atoms with Crippen LogP contribution in [0.5, 0.6) is 0 Å². The lowest BCUT2D eigenvalue weighted by molar-refractivity contribution is -0.118. The summed E-state index contributed by atoms with van der Waals surface area (Å²) >= 11 is 0. The van der Waals surface area contributed by atoms with Crippen LogP contribution in [0.15, 0.2) is 65.7 Å². The van der Waals surface area contributed by atoms with Crippen LogP contribution in [0.25, 0.3) is 11.4 Å². The lowest BCUT2D eigenvalue weighted by Crippen LogP contribution is -2.10. The fourth-order valence-electron chi connectivity index (χ4n) is 2.72. The van der Waals surface area contributed by atoms with Crippen molar-refractivity contribution in [2.24, 2.45) is 4.99 Å². The molecule has 0 aromatic heterocycles. The first-order chi connectivity index (χ1) is 11.8. The smallest absolute Gasteiger partial charge is 0.132 e. The molecule has 0 bridgehead atoms. The fourth-order valence-corrected chi connectivity index (χ4v) is 2.72. The Morgan fingerprint density at radius 3 is 2.04 bits per heavy atom. The van der Waals surface area contributed by atoms with Gasteiger partial charge in [-0.2, -0.15) is 0 Å². The standard InChI is InChI=1S/C21H21N2O/c1-2-18(24)14-9-15-19-22-20(16-10-5-3-6-11-16)21(23-19)17-12-7-4-8-13-17/h3-8,10-13H,2,9,14-15H2,1H3. The van der Waals surface area contributed by atoms with Gasteiger partial charge in [-0.05, 0) is 6.42 Å². The molecule has 0 amide bonds. The van der Waals surface area contributed by atoms with Gasteiger partial charge in [-0.3, -0.25) is 4.79 Å². The molecule has 0 saturated heterocycles. The zero-order valence-corrected chi connectivity index (χ0v) is 13.9. The number of rotatable bonds is 7. The van der Waals surface area contributed by atoms with Crippen LogP contribution in [0.3, 0.4) is 0 Å². The van der Waals surface area contributed by atoms with E-state index >= 15 is 0 Å². The molecule has 3 nitrogen and oxygen atoms in total. The van der Waals surface area contributed by atoms with Crippen LogP contribution in [-0.2, 0) is 4.79 Å². The van der Waals surface area contributed by atoms with E-state index in [0.29, 0.717) is 18.6 Å². The van der Waals surface area contributed by atoms with Crippen molar-refractivity contribution >= 4 is 23.0 Å². The van der Waals surface area contributed by atoms with Crippen LogP contribution in [-0.4, -0.2) is 11.6 Å².